The number of amides is 1. The normalized spacial score (nSPS) is 11.0. The molecule has 4 aromatic rings. The van der Waals surface area contributed by atoms with E-state index in [9.17, 15) is 4.79 Å². The molecule has 2 aromatic carbocycles. The number of rotatable bonds is 7. The van der Waals surface area contributed by atoms with Gasteiger partial charge in [-0.25, -0.2) is 9.67 Å². The van der Waals surface area contributed by atoms with Gasteiger partial charge in [0.05, 0.1) is 25.5 Å². The standard InChI is InChI=1S/C23H25N7O3/c1-13(2)16-8-6-7-9-18(16)30-14(3)24-21(29-30)22(31)26-23-25-20(27-28-23)17-11-10-15(32-4)12-19(17)33-5/h6-13H,1-5H3,(H2,25,26,27,28,31). The first kappa shape index (κ1) is 22.0. The summed E-state index contributed by atoms with van der Waals surface area (Å²) in [6, 6.07) is 13.2. The second-order valence-electron chi connectivity index (χ2n) is 7.64. The van der Waals surface area contributed by atoms with Crippen LogP contribution >= 0.6 is 0 Å². The minimum atomic E-state index is -0.508. The first-order chi connectivity index (χ1) is 15.9. The summed E-state index contributed by atoms with van der Waals surface area (Å²) < 4.78 is 12.3. The molecule has 2 heterocycles. The van der Waals surface area contributed by atoms with E-state index in [0.29, 0.717) is 34.6 Å². The van der Waals surface area contributed by atoms with Gasteiger partial charge < -0.3 is 9.47 Å². The third-order valence-electron chi connectivity index (χ3n) is 5.13. The summed E-state index contributed by atoms with van der Waals surface area (Å²) >= 11 is 0. The zero-order valence-corrected chi connectivity index (χ0v) is 19.1. The van der Waals surface area contributed by atoms with E-state index in [1.54, 1.807) is 37.1 Å². The Kier molecular flexibility index (Phi) is 6.07. The Bertz CT molecular complexity index is 1290. The third-order valence-corrected chi connectivity index (χ3v) is 5.13. The summed E-state index contributed by atoms with van der Waals surface area (Å²) in [5.41, 5.74) is 2.68. The van der Waals surface area contributed by atoms with Crippen LogP contribution in [0.25, 0.3) is 17.1 Å². The van der Waals surface area contributed by atoms with E-state index in [0.717, 1.165) is 11.3 Å². The molecule has 0 aliphatic carbocycles. The lowest BCUT2D eigenvalue weighted by molar-refractivity contribution is 0.101. The fraction of sp³-hybridized carbons (Fsp3) is 0.261. The number of benzene rings is 2. The van der Waals surface area contributed by atoms with Crippen molar-refractivity contribution >= 4 is 11.9 Å². The number of H-pyrrole nitrogens is 1. The molecule has 0 bridgehead atoms. The van der Waals surface area contributed by atoms with Crippen LogP contribution in [-0.4, -0.2) is 50.1 Å². The van der Waals surface area contributed by atoms with E-state index in [1.807, 2.05) is 31.2 Å². The fourth-order valence-corrected chi connectivity index (χ4v) is 3.47. The minimum Gasteiger partial charge on any atom is -0.497 e. The van der Waals surface area contributed by atoms with Crippen molar-refractivity contribution in [1.29, 1.82) is 0 Å². The van der Waals surface area contributed by atoms with Crippen LogP contribution in [0.15, 0.2) is 42.5 Å². The molecule has 0 saturated carbocycles. The van der Waals surface area contributed by atoms with Gasteiger partial charge in [0.1, 0.15) is 17.3 Å². The van der Waals surface area contributed by atoms with Gasteiger partial charge in [0.25, 0.3) is 5.91 Å². The number of para-hydroxylation sites is 1. The van der Waals surface area contributed by atoms with Crippen molar-refractivity contribution in [2.24, 2.45) is 0 Å². The van der Waals surface area contributed by atoms with Crippen molar-refractivity contribution in [1.82, 2.24) is 29.9 Å². The highest BCUT2D eigenvalue weighted by atomic mass is 16.5. The van der Waals surface area contributed by atoms with Crippen LogP contribution in [0, 0.1) is 6.92 Å². The van der Waals surface area contributed by atoms with Gasteiger partial charge in [0.15, 0.2) is 5.82 Å². The van der Waals surface area contributed by atoms with Crippen LogP contribution in [0.3, 0.4) is 0 Å². The molecule has 0 spiro atoms. The zero-order chi connectivity index (χ0) is 23.5. The molecule has 1 amide bonds. The summed E-state index contributed by atoms with van der Waals surface area (Å²) in [4.78, 5) is 21.5. The predicted octanol–water partition coefficient (Wildman–Crippen LogP) is 3.75. The zero-order valence-electron chi connectivity index (χ0n) is 19.1. The number of aryl methyl sites for hydroxylation is 1. The molecule has 0 aliphatic heterocycles. The van der Waals surface area contributed by atoms with E-state index in [-0.39, 0.29) is 11.8 Å². The molecule has 0 radical (unpaired) electrons. The first-order valence-corrected chi connectivity index (χ1v) is 10.4. The summed E-state index contributed by atoms with van der Waals surface area (Å²) in [5.74, 6) is 2.17. The molecule has 170 valence electrons. The fourth-order valence-electron chi connectivity index (χ4n) is 3.47. The molecule has 10 heteroatoms. The maximum absolute atomic E-state index is 12.8. The van der Waals surface area contributed by atoms with Crippen LogP contribution in [0.2, 0.25) is 0 Å². The van der Waals surface area contributed by atoms with Crippen LogP contribution in [0.5, 0.6) is 11.5 Å². The number of hydrogen-bond donors (Lipinski definition) is 2. The highest BCUT2D eigenvalue weighted by molar-refractivity contribution is 6.00. The number of aromatic amines is 1. The van der Waals surface area contributed by atoms with Crippen molar-refractivity contribution in [3.63, 3.8) is 0 Å². The molecule has 10 nitrogen and oxygen atoms in total. The second-order valence-corrected chi connectivity index (χ2v) is 7.64. The Balaban J connectivity index is 1.57. The average Bonchev–Trinajstić information content (AvgIpc) is 3.45. The Morgan fingerprint density at radius 3 is 2.61 bits per heavy atom. The lowest BCUT2D eigenvalue weighted by atomic mass is 10.0. The lowest BCUT2D eigenvalue weighted by Crippen LogP contribution is -2.15. The number of methoxy groups -OCH3 is 2. The topological polar surface area (TPSA) is 120 Å². The number of nitrogens with one attached hydrogen (secondary N) is 2. The van der Waals surface area contributed by atoms with E-state index >= 15 is 0 Å². The quantitative estimate of drug-likeness (QED) is 0.443. The Morgan fingerprint density at radius 2 is 1.88 bits per heavy atom. The molecular formula is C23H25N7O3. The maximum atomic E-state index is 12.8. The number of carbonyl (C=O) groups excluding carboxylic acids is 1. The van der Waals surface area contributed by atoms with E-state index in [4.69, 9.17) is 9.47 Å². The van der Waals surface area contributed by atoms with E-state index < -0.39 is 5.91 Å². The van der Waals surface area contributed by atoms with Crippen molar-refractivity contribution in [2.45, 2.75) is 26.7 Å². The maximum Gasteiger partial charge on any atom is 0.297 e. The van der Waals surface area contributed by atoms with Gasteiger partial charge in [-0.05, 0) is 36.6 Å². The molecule has 33 heavy (non-hydrogen) atoms. The molecule has 2 N–H and O–H groups in total. The summed E-state index contributed by atoms with van der Waals surface area (Å²) in [6.45, 7) is 6.02. The highest BCUT2D eigenvalue weighted by Gasteiger charge is 2.20. The Morgan fingerprint density at radius 1 is 1.09 bits per heavy atom. The van der Waals surface area contributed by atoms with E-state index in [1.165, 1.54) is 0 Å². The summed E-state index contributed by atoms with van der Waals surface area (Å²) in [6.07, 6.45) is 0. The summed E-state index contributed by atoms with van der Waals surface area (Å²) in [7, 11) is 3.13. The van der Waals surface area contributed by atoms with Crippen LogP contribution in [-0.2, 0) is 0 Å². The molecule has 0 saturated heterocycles. The molecule has 0 unspecified atom stereocenters. The third kappa shape index (κ3) is 4.40. The number of hydrogen-bond acceptors (Lipinski definition) is 7. The van der Waals surface area contributed by atoms with Gasteiger partial charge in [-0.15, -0.1) is 10.2 Å². The lowest BCUT2D eigenvalue weighted by Gasteiger charge is -2.12. The molecule has 4 rings (SSSR count). The number of anilines is 1. The van der Waals surface area contributed by atoms with Crippen molar-refractivity contribution in [2.75, 3.05) is 19.5 Å². The summed E-state index contributed by atoms with van der Waals surface area (Å²) in [5, 5.41) is 14.0. The highest BCUT2D eigenvalue weighted by Crippen LogP contribution is 2.31. The molecule has 0 atom stereocenters. The Labute approximate surface area is 191 Å². The van der Waals surface area contributed by atoms with Crippen LogP contribution in [0.4, 0.5) is 5.95 Å². The number of carbonyl (C=O) groups is 1. The number of ether oxygens (including phenoxy) is 2. The SMILES string of the molecule is COc1ccc(-c2nc(NC(=O)c3nc(C)n(-c4ccccc4C(C)C)n3)n[nH]2)c(OC)c1. The van der Waals surface area contributed by atoms with Gasteiger partial charge in [0, 0.05) is 6.07 Å². The van der Waals surface area contributed by atoms with Crippen molar-refractivity contribution in [3.05, 3.63) is 59.7 Å². The van der Waals surface area contributed by atoms with E-state index in [2.05, 4.69) is 44.4 Å². The van der Waals surface area contributed by atoms with Gasteiger partial charge >= 0.3 is 0 Å². The van der Waals surface area contributed by atoms with Gasteiger partial charge in [-0.1, -0.05) is 32.0 Å². The number of nitrogens with zero attached hydrogens (tertiary/aromatic N) is 5. The molecule has 0 aliphatic rings. The molecule has 0 fully saturated rings. The largest absolute Gasteiger partial charge is 0.497 e. The first-order valence-electron chi connectivity index (χ1n) is 10.4. The van der Waals surface area contributed by atoms with Gasteiger partial charge in [-0.2, -0.15) is 4.98 Å². The molecular weight excluding hydrogens is 422 g/mol. The minimum absolute atomic E-state index is 0.0273. The predicted molar refractivity (Wildman–Crippen MR) is 123 cm³/mol. The van der Waals surface area contributed by atoms with Gasteiger partial charge in [0.2, 0.25) is 11.8 Å². The molecule has 2 aromatic heterocycles. The van der Waals surface area contributed by atoms with Gasteiger partial charge in [-0.3, -0.25) is 15.2 Å². The Hall–Kier alpha value is -4.21. The van der Waals surface area contributed by atoms with Crippen molar-refractivity contribution < 1.29 is 14.3 Å². The van der Waals surface area contributed by atoms with Crippen molar-refractivity contribution in [3.8, 4) is 28.6 Å². The van der Waals surface area contributed by atoms with Crippen LogP contribution < -0.4 is 14.8 Å². The average molecular weight is 447 g/mol. The second kappa shape index (κ2) is 9.11. The monoisotopic (exact) mass is 447 g/mol. The smallest absolute Gasteiger partial charge is 0.297 e. The number of aromatic nitrogens is 6. The van der Waals surface area contributed by atoms with Crippen LogP contribution in [0.1, 0.15) is 41.8 Å².